The lowest BCUT2D eigenvalue weighted by Gasteiger charge is -1.96. The van der Waals surface area contributed by atoms with Gasteiger partial charge in [0.15, 0.2) is 0 Å². The van der Waals surface area contributed by atoms with Gasteiger partial charge in [-0.1, -0.05) is 6.92 Å². The molecule has 0 aliphatic heterocycles. The summed E-state index contributed by atoms with van der Waals surface area (Å²) in [7, 11) is 0. The predicted octanol–water partition coefficient (Wildman–Crippen LogP) is 2.44. The van der Waals surface area contributed by atoms with Crippen molar-refractivity contribution in [1.82, 2.24) is 4.98 Å². The van der Waals surface area contributed by atoms with Crippen LogP contribution in [-0.4, -0.2) is 4.98 Å². The van der Waals surface area contributed by atoms with Gasteiger partial charge in [0.2, 0.25) is 0 Å². The highest BCUT2D eigenvalue weighted by Gasteiger charge is 2.05. The molecule has 2 aromatic heterocycles. The fourth-order valence-electron chi connectivity index (χ4n) is 1.33. The summed E-state index contributed by atoms with van der Waals surface area (Å²) in [6.45, 7) is 2.13. The molecule has 12 heavy (non-hydrogen) atoms. The van der Waals surface area contributed by atoms with Crippen molar-refractivity contribution in [2.24, 2.45) is 0 Å². The average molecular weight is 178 g/mol. The molecule has 2 heterocycles. The second-order valence-electron chi connectivity index (χ2n) is 2.68. The van der Waals surface area contributed by atoms with Crippen molar-refractivity contribution in [3.8, 4) is 0 Å². The lowest BCUT2D eigenvalue weighted by Crippen LogP contribution is -1.90. The van der Waals surface area contributed by atoms with Gasteiger partial charge in [-0.25, -0.2) is 4.98 Å². The first kappa shape index (κ1) is 7.55. The van der Waals surface area contributed by atoms with Crippen molar-refractivity contribution in [3.05, 3.63) is 23.2 Å². The van der Waals surface area contributed by atoms with Crippen LogP contribution in [0.4, 0.5) is 5.82 Å². The maximum atomic E-state index is 5.77. The molecule has 3 heteroatoms. The predicted molar refractivity (Wildman–Crippen MR) is 53.4 cm³/mol. The average Bonchev–Trinajstić information content (AvgIpc) is 2.49. The lowest BCUT2D eigenvalue weighted by molar-refractivity contribution is 1.17. The van der Waals surface area contributed by atoms with E-state index < -0.39 is 0 Å². The van der Waals surface area contributed by atoms with Gasteiger partial charge in [-0.05, 0) is 23.4 Å². The molecule has 0 saturated heterocycles. The van der Waals surface area contributed by atoms with Crippen LogP contribution in [0, 0.1) is 0 Å². The molecule has 62 valence electrons. The Hall–Kier alpha value is -1.09. The number of nitrogen functional groups attached to an aromatic ring is 1. The molecular formula is C9H10N2S. The van der Waals surface area contributed by atoms with Crippen LogP contribution in [-0.2, 0) is 6.42 Å². The summed E-state index contributed by atoms with van der Waals surface area (Å²) in [4.78, 5) is 4.07. The third-order valence-corrected chi connectivity index (χ3v) is 2.97. The number of aryl methyl sites for hydroxylation is 1. The van der Waals surface area contributed by atoms with Crippen LogP contribution in [0.3, 0.4) is 0 Å². The van der Waals surface area contributed by atoms with Crippen molar-refractivity contribution in [2.75, 3.05) is 5.73 Å². The topological polar surface area (TPSA) is 38.9 Å². The summed E-state index contributed by atoms with van der Waals surface area (Å²) in [5.41, 5.74) is 7.08. The SMILES string of the molecule is CCc1csc2ccnc(N)c12. The molecule has 0 spiro atoms. The van der Waals surface area contributed by atoms with E-state index in [1.807, 2.05) is 6.07 Å². The Labute approximate surface area is 75.0 Å². The molecule has 0 saturated carbocycles. The summed E-state index contributed by atoms with van der Waals surface area (Å²) in [5, 5.41) is 3.30. The second kappa shape index (κ2) is 2.75. The second-order valence-corrected chi connectivity index (χ2v) is 3.60. The molecule has 0 bridgehead atoms. The minimum Gasteiger partial charge on any atom is -0.383 e. The monoisotopic (exact) mass is 178 g/mol. The zero-order chi connectivity index (χ0) is 8.55. The molecule has 0 fully saturated rings. The molecule has 2 N–H and O–H groups in total. The van der Waals surface area contributed by atoms with Gasteiger partial charge in [-0.3, -0.25) is 0 Å². The quantitative estimate of drug-likeness (QED) is 0.728. The van der Waals surface area contributed by atoms with Gasteiger partial charge >= 0.3 is 0 Å². The van der Waals surface area contributed by atoms with Gasteiger partial charge < -0.3 is 5.73 Å². The van der Waals surface area contributed by atoms with Crippen LogP contribution in [0.1, 0.15) is 12.5 Å². The smallest absolute Gasteiger partial charge is 0.132 e. The van der Waals surface area contributed by atoms with E-state index in [9.17, 15) is 0 Å². The molecule has 0 aliphatic rings. The summed E-state index contributed by atoms with van der Waals surface area (Å²) < 4.78 is 1.24. The van der Waals surface area contributed by atoms with Crippen LogP contribution in [0.5, 0.6) is 0 Å². The fourth-order valence-corrected chi connectivity index (χ4v) is 2.38. The van der Waals surface area contributed by atoms with Crippen molar-refractivity contribution < 1.29 is 0 Å². The van der Waals surface area contributed by atoms with E-state index >= 15 is 0 Å². The number of fused-ring (bicyclic) bond motifs is 1. The first-order chi connectivity index (χ1) is 5.83. The first-order valence-corrected chi connectivity index (χ1v) is 4.81. The zero-order valence-electron chi connectivity index (χ0n) is 6.87. The zero-order valence-corrected chi connectivity index (χ0v) is 7.69. The molecule has 0 radical (unpaired) electrons. The fraction of sp³-hybridized carbons (Fsp3) is 0.222. The molecule has 2 nitrogen and oxygen atoms in total. The Morgan fingerprint density at radius 1 is 1.58 bits per heavy atom. The van der Waals surface area contributed by atoms with Crippen molar-refractivity contribution in [2.45, 2.75) is 13.3 Å². The normalized spacial score (nSPS) is 10.8. The van der Waals surface area contributed by atoms with Crippen LogP contribution in [0.15, 0.2) is 17.6 Å². The Kier molecular flexibility index (Phi) is 1.73. The van der Waals surface area contributed by atoms with Crippen molar-refractivity contribution >= 4 is 27.2 Å². The van der Waals surface area contributed by atoms with Crippen LogP contribution in [0.25, 0.3) is 10.1 Å². The van der Waals surface area contributed by atoms with Crippen LogP contribution in [0.2, 0.25) is 0 Å². The number of hydrogen-bond donors (Lipinski definition) is 1. The standard InChI is InChI=1S/C9H10N2S/c1-2-6-5-12-7-3-4-11-9(10)8(6)7/h3-5H,2H2,1H3,(H2,10,11). The molecule has 0 aliphatic carbocycles. The summed E-state index contributed by atoms with van der Waals surface area (Å²) >= 11 is 1.73. The summed E-state index contributed by atoms with van der Waals surface area (Å²) in [6, 6.07) is 2.01. The van der Waals surface area contributed by atoms with Gasteiger partial charge in [0.1, 0.15) is 5.82 Å². The molecule has 0 unspecified atom stereocenters. The number of thiophene rings is 1. The van der Waals surface area contributed by atoms with Crippen LogP contribution < -0.4 is 5.73 Å². The highest BCUT2D eigenvalue weighted by atomic mass is 32.1. The van der Waals surface area contributed by atoms with Gasteiger partial charge in [0.05, 0.1) is 0 Å². The third-order valence-electron chi connectivity index (χ3n) is 1.97. The van der Waals surface area contributed by atoms with Gasteiger partial charge in [-0.2, -0.15) is 0 Å². The Bertz CT molecular complexity index is 406. The minimum atomic E-state index is 0.658. The molecule has 2 aromatic rings. The number of rotatable bonds is 1. The third kappa shape index (κ3) is 0.975. The number of nitrogens with zero attached hydrogens (tertiary/aromatic N) is 1. The maximum Gasteiger partial charge on any atom is 0.132 e. The van der Waals surface area contributed by atoms with Crippen LogP contribution >= 0.6 is 11.3 Å². The number of aromatic nitrogens is 1. The summed E-state index contributed by atoms with van der Waals surface area (Å²) in [5.74, 6) is 0.658. The Balaban J connectivity index is 2.83. The van der Waals surface area contributed by atoms with Gasteiger partial charge in [-0.15, -0.1) is 11.3 Å². The number of hydrogen-bond acceptors (Lipinski definition) is 3. The van der Waals surface area contributed by atoms with Gasteiger partial charge in [0.25, 0.3) is 0 Å². The number of nitrogens with two attached hydrogens (primary N) is 1. The van der Waals surface area contributed by atoms with E-state index in [4.69, 9.17) is 5.73 Å². The maximum absolute atomic E-state index is 5.77. The first-order valence-electron chi connectivity index (χ1n) is 3.93. The molecular weight excluding hydrogens is 168 g/mol. The lowest BCUT2D eigenvalue weighted by atomic mass is 10.1. The van der Waals surface area contributed by atoms with E-state index in [0.29, 0.717) is 5.82 Å². The molecule has 2 rings (SSSR count). The number of pyridine rings is 1. The highest BCUT2D eigenvalue weighted by Crippen LogP contribution is 2.29. The number of anilines is 1. The largest absolute Gasteiger partial charge is 0.383 e. The molecule has 0 atom stereocenters. The summed E-state index contributed by atoms with van der Waals surface area (Å²) in [6.07, 6.45) is 2.78. The van der Waals surface area contributed by atoms with E-state index in [2.05, 4.69) is 17.3 Å². The van der Waals surface area contributed by atoms with E-state index in [0.717, 1.165) is 11.8 Å². The van der Waals surface area contributed by atoms with Gasteiger partial charge in [0, 0.05) is 16.3 Å². The van der Waals surface area contributed by atoms with Crippen molar-refractivity contribution in [1.29, 1.82) is 0 Å². The van der Waals surface area contributed by atoms with E-state index in [-0.39, 0.29) is 0 Å². The minimum absolute atomic E-state index is 0.658. The van der Waals surface area contributed by atoms with E-state index in [1.165, 1.54) is 10.3 Å². The van der Waals surface area contributed by atoms with E-state index in [1.54, 1.807) is 17.5 Å². The molecule has 0 amide bonds. The Morgan fingerprint density at radius 3 is 3.17 bits per heavy atom. The Morgan fingerprint density at radius 2 is 2.42 bits per heavy atom. The molecule has 0 aromatic carbocycles. The van der Waals surface area contributed by atoms with Crippen molar-refractivity contribution in [3.63, 3.8) is 0 Å². The highest BCUT2D eigenvalue weighted by molar-refractivity contribution is 7.17.